The second-order valence-electron chi connectivity index (χ2n) is 7.61. The van der Waals surface area contributed by atoms with Crippen LogP contribution in [0, 0.1) is 23.7 Å². The summed E-state index contributed by atoms with van der Waals surface area (Å²) in [7, 11) is -5.72. The van der Waals surface area contributed by atoms with Gasteiger partial charge < -0.3 is 14.2 Å². The molecule has 2 saturated heterocycles. The van der Waals surface area contributed by atoms with Crippen LogP contribution in [0.1, 0.15) is 12.8 Å². The van der Waals surface area contributed by atoms with Gasteiger partial charge in [0.1, 0.15) is 18.0 Å². The maximum Gasteiger partial charge on any atom is 0.427 e. The van der Waals surface area contributed by atoms with Gasteiger partial charge in [-0.1, -0.05) is 0 Å². The van der Waals surface area contributed by atoms with Gasteiger partial charge in [0.15, 0.2) is 6.29 Å². The second kappa shape index (κ2) is 5.73. The molecule has 7 nitrogen and oxygen atoms in total. The van der Waals surface area contributed by atoms with Gasteiger partial charge in [0.25, 0.3) is 15.7 Å². The first kappa shape index (κ1) is 20.2. The van der Waals surface area contributed by atoms with Crippen molar-refractivity contribution in [2.45, 2.75) is 49.3 Å². The summed E-state index contributed by atoms with van der Waals surface area (Å²) in [6.07, 6.45) is -14.9. The molecule has 1 N–H and O–H groups in total. The smallest absolute Gasteiger partial charge is 0.427 e. The predicted octanol–water partition coefficient (Wildman–Crippen LogP) is 1.68. The lowest BCUT2D eigenvalue weighted by Crippen LogP contribution is -2.63. The number of hydrogen-bond acceptors (Lipinski definition) is 6. The molecule has 0 spiro atoms. The van der Waals surface area contributed by atoms with E-state index in [4.69, 9.17) is 14.0 Å². The average Bonchev–Trinajstić information content (AvgIpc) is 2.85. The second-order valence-corrected chi connectivity index (χ2v) is 9.06. The van der Waals surface area contributed by atoms with Crippen molar-refractivity contribution in [3.63, 3.8) is 0 Å². The number of epoxide rings is 1. The summed E-state index contributed by atoms with van der Waals surface area (Å²) in [6, 6.07) is 0. The Labute approximate surface area is 154 Å². The van der Waals surface area contributed by atoms with Gasteiger partial charge in [0.2, 0.25) is 0 Å². The van der Waals surface area contributed by atoms with E-state index in [-0.39, 0.29) is 17.9 Å². The van der Waals surface area contributed by atoms with Crippen molar-refractivity contribution >= 4 is 16.1 Å². The number of fused-ring (bicyclic) bond motifs is 1. The van der Waals surface area contributed by atoms with Crippen molar-refractivity contribution in [1.82, 2.24) is 0 Å². The normalized spacial score (nSPS) is 40.1. The van der Waals surface area contributed by atoms with Crippen LogP contribution in [0.4, 0.5) is 26.3 Å². The molecule has 7 atom stereocenters. The number of alkyl halides is 6. The first-order valence-electron chi connectivity index (χ1n) is 8.27. The SMILES string of the molecule is O=C1OC2CC3CC2C1C3C1OC1OC(CS(=O)(=O)O)(C(F)(F)F)C(F)(F)F. The van der Waals surface area contributed by atoms with E-state index in [1.807, 2.05) is 0 Å². The standard InChI is InChI=1S/C14H14F6O7S/c15-13(16,17)12(14(18,19)20,3-28(22,23)24)27-11-9(26-11)7-4-1-5-6(2-4)25-10(21)8(5)7/h4-9,11H,1-3H2,(H,22,23,24). The van der Waals surface area contributed by atoms with Gasteiger partial charge in [-0.05, 0) is 18.8 Å². The first-order chi connectivity index (χ1) is 12.6. The van der Waals surface area contributed by atoms with Gasteiger partial charge in [-0.25, -0.2) is 0 Å². The molecule has 28 heavy (non-hydrogen) atoms. The molecule has 4 rings (SSSR count). The van der Waals surface area contributed by atoms with E-state index >= 15 is 0 Å². The summed E-state index contributed by atoms with van der Waals surface area (Å²) < 4.78 is 125. The zero-order valence-corrected chi connectivity index (χ0v) is 14.6. The Balaban J connectivity index is 1.58. The molecule has 2 aliphatic carbocycles. The van der Waals surface area contributed by atoms with E-state index in [9.17, 15) is 39.6 Å². The van der Waals surface area contributed by atoms with Crippen molar-refractivity contribution < 1.29 is 58.3 Å². The van der Waals surface area contributed by atoms with Gasteiger partial charge in [-0.15, -0.1) is 0 Å². The highest BCUT2D eigenvalue weighted by Crippen LogP contribution is 2.62. The van der Waals surface area contributed by atoms with E-state index in [0.29, 0.717) is 12.8 Å². The molecule has 2 saturated carbocycles. The highest BCUT2D eigenvalue weighted by molar-refractivity contribution is 7.85. The van der Waals surface area contributed by atoms with Gasteiger partial charge in [-0.2, -0.15) is 34.8 Å². The molecule has 0 radical (unpaired) electrons. The number of ether oxygens (including phenoxy) is 3. The van der Waals surface area contributed by atoms with Gasteiger partial charge in [0.05, 0.1) is 5.92 Å². The molecule has 0 amide bonds. The largest absolute Gasteiger partial charge is 0.462 e. The van der Waals surface area contributed by atoms with Crippen molar-refractivity contribution in [1.29, 1.82) is 0 Å². The minimum atomic E-state index is -6.20. The molecule has 4 fully saturated rings. The molecule has 4 aliphatic rings. The van der Waals surface area contributed by atoms with Gasteiger partial charge in [-0.3, -0.25) is 9.35 Å². The highest BCUT2D eigenvalue weighted by atomic mass is 32.2. The van der Waals surface area contributed by atoms with E-state index < -0.39 is 64.0 Å². The molecule has 2 heterocycles. The number of rotatable bonds is 5. The summed E-state index contributed by atoms with van der Waals surface area (Å²) in [5.74, 6) is -4.99. The van der Waals surface area contributed by atoms with Crippen LogP contribution in [-0.4, -0.2) is 61.1 Å². The van der Waals surface area contributed by atoms with Crippen LogP contribution in [0.2, 0.25) is 0 Å². The minimum absolute atomic E-state index is 0.153. The Morgan fingerprint density at radius 3 is 2.25 bits per heavy atom. The van der Waals surface area contributed by atoms with Crippen LogP contribution in [0.25, 0.3) is 0 Å². The number of esters is 1. The number of hydrogen-bond donors (Lipinski definition) is 1. The van der Waals surface area contributed by atoms with Crippen molar-refractivity contribution in [3.05, 3.63) is 0 Å². The third kappa shape index (κ3) is 2.91. The summed E-state index contributed by atoms with van der Waals surface area (Å²) >= 11 is 0. The molecule has 2 aliphatic heterocycles. The van der Waals surface area contributed by atoms with E-state index in [1.54, 1.807) is 0 Å². The summed E-state index contributed by atoms with van der Waals surface area (Å²) in [5.41, 5.74) is -5.16. The summed E-state index contributed by atoms with van der Waals surface area (Å²) in [5, 5.41) is 0. The van der Waals surface area contributed by atoms with E-state index in [2.05, 4.69) is 4.74 Å². The quantitative estimate of drug-likeness (QED) is 0.300. The third-order valence-corrected chi connectivity index (χ3v) is 6.80. The highest BCUT2D eigenvalue weighted by Gasteiger charge is 2.77. The molecular weight excluding hydrogens is 426 g/mol. The van der Waals surface area contributed by atoms with Crippen molar-refractivity contribution in [3.8, 4) is 0 Å². The summed E-state index contributed by atoms with van der Waals surface area (Å²) in [6.45, 7) is 0. The molecule has 160 valence electrons. The number of halogens is 6. The Hall–Kier alpha value is -1.12. The monoisotopic (exact) mass is 440 g/mol. The van der Waals surface area contributed by atoms with E-state index in [1.165, 1.54) is 0 Å². The van der Waals surface area contributed by atoms with Crippen LogP contribution < -0.4 is 0 Å². The van der Waals surface area contributed by atoms with Gasteiger partial charge >= 0.3 is 18.3 Å². The van der Waals surface area contributed by atoms with Crippen LogP contribution in [-0.2, 0) is 29.1 Å². The molecule has 0 aromatic heterocycles. The lowest BCUT2D eigenvalue weighted by molar-refractivity contribution is -0.380. The zero-order chi connectivity index (χ0) is 20.9. The van der Waals surface area contributed by atoms with Crippen LogP contribution in [0.15, 0.2) is 0 Å². The van der Waals surface area contributed by atoms with Crippen LogP contribution >= 0.6 is 0 Å². The zero-order valence-electron chi connectivity index (χ0n) is 13.7. The minimum Gasteiger partial charge on any atom is -0.462 e. The van der Waals surface area contributed by atoms with Crippen molar-refractivity contribution in [2.24, 2.45) is 23.7 Å². The van der Waals surface area contributed by atoms with Crippen molar-refractivity contribution in [2.75, 3.05) is 5.75 Å². The summed E-state index contributed by atoms with van der Waals surface area (Å²) in [4.78, 5) is 11.9. The number of carbonyl (C=O) groups excluding carboxylic acids is 1. The first-order valence-corrected chi connectivity index (χ1v) is 9.88. The fourth-order valence-electron chi connectivity index (χ4n) is 4.93. The Kier molecular flexibility index (Phi) is 4.13. The Morgan fingerprint density at radius 2 is 1.71 bits per heavy atom. The molecule has 14 heteroatoms. The molecule has 2 bridgehead atoms. The Morgan fingerprint density at radius 1 is 1.11 bits per heavy atom. The van der Waals surface area contributed by atoms with Gasteiger partial charge in [0, 0.05) is 11.8 Å². The van der Waals surface area contributed by atoms with Crippen LogP contribution in [0.5, 0.6) is 0 Å². The van der Waals surface area contributed by atoms with E-state index in [0.717, 1.165) is 0 Å². The lowest BCUT2D eigenvalue weighted by atomic mass is 9.78. The van der Waals surface area contributed by atoms with Crippen LogP contribution in [0.3, 0.4) is 0 Å². The predicted molar refractivity (Wildman–Crippen MR) is 74.1 cm³/mol. The average molecular weight is 440 g/mol. The molecule has 0 aromatic rings. The maximum absolute atomic E-state index is 13.3. The Bertz CT molecular complexity index is 777. The maximum atomic E-state index is 13.3. The molecular formula is C14H14F6O7S. The fourth-order valence-corrected chi connectivity index (χ4v) is 5.84. The fraction of sp³-hybridized carbons (Fsp3) is 0.929. The lowest BCUT2D eigenvalue weighted by Gasteiger charge is -2.35. The third-order valence-electron chi connectivity index (χ3n) is 6.03. The molecule has 7 unspecified atom stereocenters. The molecule has 0 aromatic carbocycles. The number of carbonyl (C=O) groups is 1. The topological polar surface area (TPSA) is 102 Å².